The third kappa shape index (κ3) is 2.37. The van der Waals surface area contributed by atoms with Crippen molar-refractivity contribution < 1.29 is 18.5 Å². The van der Waals surface area contributed by atoms with Crippen LogP contribution >= 0.6 is 22.6 Å². The highest BCUT2D eigenvalue weighted by molar-refractivity contribution is 14.1. The van der Waals surface area contributed by atoms with Crippen molar-refractivity contribution in [1.82, 2.24) is 9.21 Å². The monoisotopic (exact) mass is 502 g/mol. The number of carbonyl (C=O) groups is 2. The molecule has 0 aromatic rings. The second kappa shape index (κ2) is 6.05. The van der Waals surface area contributed by atoms with E-state index in [2.05, 4.69) is 22.6 Å². The molecule has 0 radical (unpaired) electrons. The van der Waals surface area contributed by atoms with E-state index in [1.54, 1.807) is 14.0 Å². The molecule has 0 aromatic carbocycles. The molecule has 4 aliphatic carbocycles. The highest BCUT2D eigenvalue weighted by Gasteiger charge is 2.60. The Bertz CT molecular complexity index is 813. The Morgan fingerprint density at radius 3 is 2.26 bits per heavy atom. The van der Waals surface area contributed by atoms with Gasteiger partial charge in [0.1, 0.15) is 2.91 Å². The second-order valence-corrected chi connectivity index (χ2v) is 11.7. The van der Waals surface area contributed by atoms with Crippen LogP contribution in [0.15, 0.2) is 19.9 Å². The summed E-state index contributed by atoms with van der Waals surface area (Å²) in [6.45, 7) is 1.94. The van der Waals surface area contributed by atoms with Crippen LogP contribution in [0.2, 0.25) is 0 Å². The van der Waals surface area contributed by atoms with Gasteiger partial charge in [0, 0.05) is 7.05 Å². The Morgan fingerprint density at radius 1 is 1.19 bits per heavy atom. The average molecular weight is 502 g/mol. The first-order valence-corrected chi connectivity index (χ1v) is 11.9. The van der Waals surface area contributed by atoms with E-state index in [4.69, 9.17) is 4.74 Å². The van der Waals surface area contributed by atoms with Gasteiger partial charge in [-0.25, -0.2) is 9.00 Å². The number of hydrogen-bond donors (Lipinski definition) is 0. The zero-order valence-electron chi connectivity index (χ0n) is 15.5. The highest BCUT2D eigenvalue weighted by Crippen LogP contribution is 2.61. The number of likely N-dealkylation sites (N-methyl/N-ethyl adjacent to an activating group) is 1. The Balaban J connectivity index is 1.66. The Labute approximate surface area is 175 Å². The van der Waals surface area contributed by atoms with Crippen molar-refractivity contribution in [2.45, 2.75) is 51.0 Å². The minimum absolute atomic E-state index is 0.0603. The molecular weight excluding hydrogens is 479 g/mol. The second-order valence-electron chi connectivity index (χ2n) is 8.62. The summed E-state index contributed by atoms with van der Waals surface area (Å²) in [6, 6.07) is 0. The Kier molecular flexibility index (Phi) is 4.06. The van der Waals surface area contributed by atoms with E-state index in [0.29, 0.717) is 32.1 Å². The predicted molar refractivity (Wildman–Crippen MR) is 108 cm³/mol. The number of nitrogens with zero attached hydrogens (tertiary/aromatic N) is 2. The number of ether oxygens (including phenoxy) is 1. The standard InChI is InChI=1S/C19H23IN2O4S/c1-3-26-18(24)13-14-15(21(2)17(13)23)16(20)27(25)22(14)19-7-10-4-11(8-19)6-12(5-10)9-19/h10-12H,3-9H2,1-2H3. The van der Waals surface area contributed by atoms with Crippen molar-refractivity contribution in [3.63, 3.8) is 0 Å². The molecule has 1 atom stereocenters. The van der Waals surface area contributed by atoms with Crippen LogP contribution < -0.4 is 0 Å². The zero-order valence-corrected chi connectivity index (χ0v) is 18.5. The summed E-state index contributed by atoms with van der Waals surface area (Å²) in [5.74, 6) is 1.08. The average Bonchev–Trinajstić information content (AvgIpc) is 2.99. The molecule has 146 valence electrons. The smallest absolute Gasteiger partial charge is 0.346 e. The Morgan fingerprint density at radius 2 is 1.74 bits per heavy atom. The molecule has 1 amide bonds. The van der Waals surface area contributed by atoms with Gasteiger partial charge in [-0.2, -0.15) is 0 Å². The van der Waals surface area contributed by atoms with Gasteiger partial charge in [0.2, 0.25) is 0 Å². The van der Waals surface area contributed by atoms with Crippen LogP contribution in [0.25, 0.3) is 0 Å². The van der Waals surface area contributed by atoms with Crippen molar-refractivity contribution in [3.05, 3.63) is 19.9 Å². The summed E-state index contributed by atoms with van der Waals surface area (Å²) in [5, 5.41) is 0. The zero-order chi connectivity index (χ0) is 19.1. The van der Waals surface area contributed by atoms with Gasteiger partial charge in [0.25, 0.3) is 5.91 Å². The molecule has 27 heavy (non-hydrogen) atoms. The molecular formula is C19H23IN2O4S. The molecule has 2 aliphatic heterocycles. The number of halogens is 1. The van der Waals surface area contributed by atoms with Crippen molar-refractivity contribution in [1.29, 1.82) is 0 Å². The molecule has 0 saturated heterocycles. The number of hydrogen-bond acceptors (Lipinski definition) is 4. The van der Waals surface area contributed by atoms with E-state index in [1.165, 1.54) is 24.2 Å². The lowest BCUT2D eigenvalue weighted by molar-refractivity contribution is -0.141. The fraction of sp³-hybridized carbons (Fsp3) is 0.684. The predicted octanol–water partition coefficient (Wildman–Crippen LogP) is 2.83. The number of esters is 1. The van der Waals surface area contributed by atoms with Gasteiger partial charge in [0.05, 0.1) is 23.5 Å². The first-order chi connectivity index (χ1) is 12.9. The third-order valence-electron chi connectivity index (χ3n) is 6.94. The van der Waals surface area contributed by atoms with Crippen molar-refractivity contribution in [2.24, 2.45) is 17.8 Å². The molecule has 0 aromatic heterocycles. The lowest BCUT2D eigenvalue weighted by Crippen LogP contribution is -2.59. The highest BCUT2D eigenvalue weighted by atomic mass is 127. The number of fused-ring (bicyclic) bond motifs is 1. The van der Waals surface area contributed by atoms with Gasteiger partial charge in [-0.05, 0) is 85.8 Å². The maximum absolute atomic E-state index is 13.5. The summed E-state index contributed by atoms with van der Waals surface area (Å²) in [7, 11) is 0.293. The fourth-order valence-electron chi connectivity index (χ4n) is 6.43. The van der Waals surface area contributed by atoms with Gasteiger partial charge >= 0.3 is 5.97 Å². The molecule has 0 N–H and O–H groups in total. The molecule has 0 spiro atoms. The van der Waals surface area contributed by atoms with Crippen LogP contribution in [-0.4, -0.2) is 44.5 Å². The van der Waals surface area contributed by atoms with Gasteiger partial charge in [0.15, 0.2) is 16.6 Å². The largest absolute Gasteiger partial charge is 0.462 e. The molecule has 1 unspecified atom stereocenters. The first kappa shape index (κ1) is 18.1. The summed E-state index contributed by atoms with van der Waals surface area (Å²) in [5.41, 5.74) is 1.06. The third-order valence-corrected chi connectivity index (χ3v) is 9.98. The molecule has 6 aliphatic rings. The minimum atomic E-state index is -1.36. The minimum Gasteiger partial charge on any atom is -0.462 e. The summed E-state index contributed by atoms with van der Waals surface area (Å²) in [4.78, 5) is 27.0. The van der Waals surface area contributed by atoms with Crippen LogP contribution in [0.3, 0.4) is 0 Å². The van der Waals surface area contributed by atoms with Crippen molar-refractivity contribution in [3.8, 4) is 0 Å². The van der Waals surface area contributed by atoms with E-state index in [-0.39, 0.29) is 23.6 Å². The van der Waals surface area contributed by atoms with Crippen LogP contribution in [-0.2, 0) is 25.3 Å². The maximum Gasteiger partial charge on any atom is 0.346 e. The molecule has 2 heterocycles. The number of carbonyl (C=O) groups excluding carboxylic acids is 2. The van der Waals surface area contributed by atoms with Crippen LogP contribution in [0.4, 0.5) is 0 Å². The van der Waals surface area contributed by atoms with E-state index >= 15 is 0 Å². The molecule has 4 saturated carbocycles. The molecule has 4 fully saturated rings. The quantitative estimate of drug-likeness (QED) is 0.338. The van der Waals surface area contributed by atoms with Gasteiger partial charge in [-0.1, -0.05) is 0 Å². The van der Waals surface area contributed by atoms with Gasteiger partial charge in [-0.3, -0.25) is 9.10 Å². The van der Waals surface area contributed by atoms with Crippen LogP contribution in [0.1, 0.15) is 45.4 Å². The molecule has 8 heteroatoms. The lowest BCUT2D eigenvalue weighted by Gasteiger charge is -2.59. The molecule has 6 nitrogen and oxygen atoms in total. The van der Waals surface area contributed by atoms with Gasteiger partial charge in [-0.15, -0.1) is 0 Å². The van der Waals surface area contributed by atoms with Crippen molar-refractivity contribution in [2.75, 3.05) is 13.7 Å². The van der Waals surface area contributed by atoms with Gasteiger partial charge < -0.3 is 9.64 Å². The first-order valence-electron chi connectivity index (χ1n) is 9.68. The van der Waals surface area contributed by atoms with Crippen LogP contribution in [0, 0.1) is 17.8 Å². The van der Waals surface area contributed by atoms with E-state index < -0.39 is 17.0 Å². The number of rotatable bonds is 3. The van der Waals surface area contributed by atoms with E-state index in [1.807, 2.05) is 4.31 Å². The van der Waals surface area contributed by atoms with E-state index in [9.17, 15) is 13.8 Å². The Hall–Kier alpha value is -0.900. The molecule has 6 rings (SSSR count). The lowest BCUT2D eigenvalue weighted by atomic mass is 9.53. The fourth-order valence-corrected chi connectivity index (χ4v) is 9.12. The van der Waals surface area contributed by atoms with E-state index in [0.717, 1.165) is 19.3 Å². The number of amides is 1. The summed E-state index contributed by atoms with van der Waals surface area (Å²) >= 11 is 2.09. The topological polar surface area (TPSA) is 66.9 Å². The SMILES string of the molecule is CCOC(=O)C1=C2C(=C(I)S(=O)N2C23CC4CC(CC(C4)C2)C3)N(C)C1=O. The van der Waals surface area contributed by atoms with Crippen LogP contribution in [0.5, 0.6) is 0 Å². The van der Waals surface area contributed by atoms with Crippen molar-refractivity contribution >= 4 is 45.5 Å². The summed E-state index contributed by atoms with van der Waals surface area (Å²) in [6.07, 6.45) is 6.87. The summed E-state index contributed by atoms with van der Waals surface area (Å²) < 4.78 is 21.3. The maximum atomic E-state index is 13.5. The normalized spacial score (nSPS) is 39.7. The molecule has 4 bridgehead atoms.